The maximum atomic E-state index is 5.56. The molecule has 2 N–H and O–H groups in total. The van der Waals surface area contributed by atoms with Crippen LogP contribution < -0.4 is 5.73 Å². The Bertz CT molecular complexity index is 282. The second-order valence-corrected chi connectivity index (χ2v) is 3.89. The van der Waals surface area contributed by atoms with Crippen molar-refractivity contribution < 1.29 is 0 Å². The summed E-state index contributed by atoms with van der Waals surface area (Å²) in [6, 6.07) is 2.47. The summed E-state index contributed by atoms with van der Waals surface area (Å²) in [5.41, 5.74) is 5.56. The minimum Gasteiger partial charge on any atom is -0.382 e. The number of anilines is 1. The molecule has 1 heterocycles. The van der Waals surface area contributed by atoms with Gasteiger partial charge in [0.05, 0.1) is 6.54 Å². The molecule has 15 heavy (non-hydrogen) atoms. The van der Waals surface area contributed by atoms with Crippen molar-refractivity contribution in [1.82, 2.24) is 14.7 Å². The van der Waals surface area contributed by atoms with Crippen LogP contribution in [0.25, 0.3) is 0 Å². The highest BCUT2D eigenvalue weighted by Crippen LogP contribution is 2.03. The average molecular weight is 210 g/mol. The molecule has 1 unspecified atom stereocenters. The van der Waals surface area contributed by atoms with Crippen LogP contribution in [0, 0.1) is 0 Å². The van der Waals surface area contributed by atoms with Crippen molar-refractivity contribution in [2.75, 3.05) is 18.8 Å². The topological polar surface area (TPSA) is 47.1 Å². The first-order chi connectivity index (χ1) is 7.17. The molecule has 0 spiro atoms. The van der Waals surface area contributed by atoms with Crippen molar-refractivity contribution in [3.05, 3.63) is 12.3 Å². The van der Waals surface area contributed by atoms with Gasteiger partial charge in [-0.2, -0.15) is 5.10 Å². The van der Waals surface area contributed by atoms with E-state index in [2.05, 4.69) is 30.8 Å². The fourth-order valence-corrected chi connectivity index (χ4v) is 1.68. The fourth-order valence-electron chi connectivity index (χ4n) is 1.68. The summed E-state index contributed by atoms with van der Waals surface area (Å²) in [7, 11) is 0. The lowest BCUT2D eigenvalue weighted by atomic mass is 10.2. The molecule has 0 saturated carbocycles. The van der Waals surface area contributed by atoms with E-state index in [-0.39, 0.29) is 0 Å². The molecule has 0 aromatic carbocycles. The zero-order valence-electron chi connectivity index (χ0n) is 9.98. The first-order valence-corrected chi connectivity index (χ1v) is 5.70. The van der Waals surface area contributed by atoms with Crippen LogP contribution in [-0.4, -0.2) is 33.8 Å². The molecule has 4 heteroatoms. The summed E-state index contributed by atoms with van der Waals surface area (Å²) in [6.07, 6.45) is 3.12. The maximum absolute atomic E-state index is 5.56. The number of nitrogens with two attached hydrogens (primary N) is 1. The summed E-state index contributed by atoms with van der Waals surface area (Å²) in [6.45, 7) is 9.72. The predicted octanol–water partition coefficient (Wildman–Crippen LogP) is 1.59. The zero-order chi connectivity index (χ0) is 11.3. The molecule has 0 amide bonds. The van der Waals surface area contributed by atoms with Gasteiger partial charge in [0.25, 0.3) is 0 Å². The summed E-state index contributed by atoms with van der Waals surface area (Å²) in [5.74, 6) is 0.599. The molecular weight excluding hydrogens is 188 g/mol. The molecule has 0 fully saturated rings. The van der Waals surface area contributed by atoms with Crippen LogP contribution in [0.15, 0.2) is 12.3 Å². The van der Waals surface area contributed by atoms with Gasteiger partial charge in [-0.1, -0.05) is 13.8 Å². The second-order valence-electron chi connectivity index (χ2n) is 3.89. The van der Waals surface area contributed by atoms with E-state index in [9.17, 15) is 0 Å². The second kappa shape index (κ2) is 5.75. The lowest BCUT2D eigenvalue weighted by Crippen LogP contribution is -2.35. The van der Waals surface area contributed by atoms with Crippen molar-refractivity contribution in [3.8, 4) is 0 Å². The van der Waals surface area contributed by atoms with E-state index in [1.807, 2.05) is 16.9 Å². The Balaban J connectivity index is 2.40. The molecule has 86 valence electrons. The van der Waals surface area contributed by atoms with Gasteiger partial charge < -0.3 is 5.73 Å². The van der Waals surface area contributed by atoms with Crippen molar-refractivity contribution in [3.63, 3.8) is 0 Å². The van der Waals surface area contributed by atoms with Gasteiger partial charge in [0.15, 0.2) is 0 Å². The number of hydrogen-bond acceptors (Lipinski definition) is 3. The highest BCUT2D eigenvalue weighted by Gasteiger charge is 2.09. The Morgan fingerprint density at radius 2 is 2.27 bits per heavy atom. The van der Waals surface area contributed by atoms with Gasteiger partial charge in [-0.05, 0) is 26.0 Å². The third-order valence-electron chi connectivity index (χ3n) is 2.90. The van der Waals surface area contributed by atoms with E-state index < -0.39 is 0 Å². The fraction of sp³-hybridized carbons (Fsp3) is 0.727. The minimum atomic E-state index is 0.599. The van der Waals surface area contributed by atoms with Crippen LogP contribution in [0.3, 0.4) is 0 Å². The molecule has 0 aliphatic rings. The molecule has 4 nitrogen and oxygen atoms in total. The molecule has 0 saturated heterocycles. The average Bonchev–Trinajstić information content (AvgIpc) is 2.64. The van der Waals surface area contributed by atoms with E-state index >= 15 is 0 Å². The summed E-state index contributed by atoms with van der Waals surface area (Å²) < 4.78 is 1.90. The highest BCUT2D eigenvalue weighted by atomic mass is 15.3. The molecule has 0 radical (unpaired) electrons. The Hall–Kier alpha value is -1.03. The summed E-state index contributed by atoms with van der Waals surface area (Å²) in [5, 5.41) is 4.17. The summed E-state index contributed by atoms with van der Waals surface area (Å²) >= 11 is 0. The van der Waals surface area contributed by atoms with Gasteiger partial charge >= 0.3 is 0 Å². The van der Waals surface area contributed by atoms with Gasteiger partial charge in [0.1, 0.15) is 5.82 Å². The largest absolute Gasteiger partial charge is 0.382 e. The third kappa shape index (κ3) is 3.55. The maximum Gasteiger partial charge on any atom is 0.145 e. The van der Waals surface area contributed by atoms with Crippen LogP contribution in [0.4, 0.5) is 5.82 Å². The summed E-state index contributed by atoms with van der Waals surface area (Å²) in [4.78, 5) is 2.46. The lowest BCUT2D eigenvalue weighted by Gasteiger charge is -2.26. The van der Waals surface area contributed by atoms with Crippen LogP contribution >= 0.6 is 0 Å². The standard InChI is InChI=1S/C11H22N4/c1-4-10(3)14(5-2)8-9-15-7-6-11(12)13-15/h6-7,10H,4-5,8-9H2,1-3H3,(H2,12,13). The van der Waals surface area contributed by atoms with Crippen LogP contribution in [0.2, 0.25) is 0 Å². The highest BCUT2D eigenvalue weighted by molar-refractivity contribution is 5.23. The van der Waals surface area contributed by atoms with Gasteiger partial charge in [0, 0.05) is 18.8 Å². The number of hydrogen-bond donors (Lipinski definition) is 1. The van der Waals surface area contributed by atoms with E-state index in [0.717, 1.165) is 19.6 Å². The molecular formula is C11H22N4. The van der Waals surface area contributed by atoms with Crippen LogP contribution in [-0.2, 0) is 6.54 Å². The van der Waals surface area contributed by atoms with Crippen molar-refractivity contribution >= 4 is 5.82 Å². The van der Waals surface area contributed by atoms with Crippen molar-refractivity contribution in [2.45, 2.75) is 39.8 Å². The molecule has 1 aromatic heterocycles. The number of likely N-dealkylation sites (N-methyl/N-ethyl adjacent to an activating group) is 1. The van der Waals surface area contributed by atoms with Crippen molar-refractivity contribution in [2.24, 2.45) is 0 Å². The molecule has 1 rings (SSSR count). The Morgan fingerprint density at radius 1 is 1.53 bits per heavy atom. The van der Waals surface area contributed by atoms with E-state index in [0.29, 0.717) is 11.9 Å². The van der Waals surface area contributed by atoms with Crippen LogP contribution in [0.5, 0.6) is 0 Å². The quantitative estimate of drug-likeness (QED) is 0.775. The lowest BCUT2D eigenvalue weighted by molar-refractivity contribution is 0.204. The first-order valence-electron chi connectivity index (χ1n) is 5.70. The van der Waals surface area contributed by atoms with E-state index in [4.69, 9.17) is 5.73 Å². The number of nitrogens with zero attached hydrogens (tertiary/aromatic N) is 3. The Kier molecular flexibility index (Phi) is 4.62. The predicted molar refractivity (Wildman–Crippen MR) is 63.6 cm³/mol. The molecule has 0 aliphatic heterocycles. The normalized spacial score (nSPS) is 13.3. The Labute approximate surface area is 92.1 Å². The third-order valence-corrected chi connectivity index (χ3v) is 2.90. The minimum absolute atomic E-state index is 0.599. The molecule has 0 bridgehead atoms. The molecule has 1 aromatic rings. The first kappa shape index (κ1) is 12.0. The molecule has 1 atom stereocenters. The number of aromatic nitrogens is 2. The number of nitrogen functional groups attached to an aromatic ring is 1. The monoisotopic (exact) mass is 210 g/mol. The van der Waals surface area contributed by atoms with E-state index in [1.54, 1.807) is 0 Å². The SMILES string of the molecule is CCC(C)N(CC)CCn1ccc(N)n1. The number of rotatable bonds is 6. The zero-order valence-corrected chi connectivity index (χ0v) is 9.98. The van der Waals surface area contributed by atoms with Gasteiger partial charge in [-0.25, -0.2) is 0 Å². The van der Waals surface area contributed by atoms with Gasteiger partial charge in [0.2, 0.25) is 0 Å². The van der Waals surface area contributed by atoms with E-state index in [1.165, 1.54) is 6.42 Å². The van der Waals surface area contributed by atoms with Gasteiger partial charge in [-0.3, -0.25) is 9.58 Å². The molecule has 0 aliphatic carbocycles. The smallest absolute Gasteiger partial charge is 0.145 e. The van der Waals surface area contributed by atoms with Crippen LogP contribution in [0.1, 0.15) is 27.2 Å². The Morgan fingerprint density at radius 3 is 2.73 bits per heavy atom. The van der Waals surface area contributed by atoms with Gasteiger partial charge in [-0.15, -0.1) is 0 Å². The van der Waals surface area contributed by atoms with Crippen molar-refractivity contribution in [1.29, 1.82) is 0 Å².